The minimum absolute atomic E-state index is 0.196. The summed E-state index contributed by atoms with van der Waals surface area (Å²) in [6.07, 6.45) is 2.40. The van der Waals surface area contributed by atoms with Gasteiger partial charge in [-0.05, 0) is 64.5 Å². The van der Waals surface area contributed by atoms with E-state index < -0.39 is 0 Å². The van der Waals surface area contributed by atoms with Gasteiger partial charge < -0.3 is 4.74 Å². The van der Waals surface area contributed by atoms with Crippen molar-refractivity contribution < 1.29 is 4.74 Å². The Labute approximate surface area is 148 Å². The molecule has 0 amide bonds. The molecule has 0 heterocycles. The third-order valence-corrected chi connectivity index (χ3v) is 4.66. The fraction of sp³-hybridized carbons (Fsp3) is 0.478. The normalized spacial score (nSPS) is 13.8. The summed E-state index contributed by atoms with van der Waals surface area (Å²) in [4.78, 5) is 0. The third-order valence-electron chi connectivity index (χ3n) is 4.66. The first-order chi connectivity index (χ1) is 11.4. The van der Waals surface area contributed by atoms with E-state index in [-0.39, 0.29) is 6.10 Å². The van der Waals surface area contributed by atoms with Crippen LogP contribution in [0.4, 0.5) is 0 Å². The van der Waals surface area contributed by atoms with Crippen LogP contribution < -0.4 is 0 Å². The Morgan fingerprint density at radius 1 is 0.708 bits per heavy atom. The molecule has 0 fully saturated rings. The second kappa shape index (κ2) is 8.48. The van der Waals surface area contributed by atoms with Crippen LogP contribution in [-0.2, 0) is 4.74 Å². The zero-order valence-electron chi connectivity index (χ0n) is 16.1. The van der Waals surface area contributed by atoms with Gasteiger partial charge in [-0.25, -0.2) is 0 Å². The molecule has 1 nitrogen and oxygen atoms in total. The Kier molecular flexibility index (Phi) is 6.62. The van der Waals surface area contributed by atoms with Crippen molar-refractivity contribution in [2.45, 2.75) is 66.4 Å². The quantitative estimate of drug-likeness (QED) is 0.559. The topological polar surface area (TPSA) is 9.23 Å². The molecular weight excluding hydrogens is 292 g/mol. The predicted octanol–water partition coefficient (Wildman–Crippen LogP) is 6.58. The molecule has 130 valence electrons. The molecule has 0 radical (unpaired) electrons. The van der Waals surface area contributed by atoms with Crippen LogP contribution in [-0.4, -0.2) is 6.61 Å². The summed E-state index contributed by atoms with van der Waals surface area (Å²) in [5.41, 5.74) is 8.11. The van der Waals surface area contributed by atoms with Crippen LogP contribution in [0.3, 0.4) is 0 Å². The Morgan fingerprint density at radius 3 is 1.62 bits per heavy atom. The molecule has 2 atom stereocenters. The maximum absolute atomic E-state index is 6.07. The molecule has 2 unspecified atom stereocenters. The lowest BCUT2D eigenvalue weighted by atomic mass is 9.90. The van der Waals surface area contributed by atoms with Crippen molar-refractivity contribution >= 4 is 0 Å². The molecule has 2 aromatic carbocycles. The molecule has 0 aliphatic rings. The fourth-order valence-corrected chi connectivity index (χ4v) is 3.61. The molecule has 0 N–H and O–H groups in total. The highest BCUT2D eigenvalue weighted by Crippen LogP contribution is 2.30. The second-order valence-electron chi connectivity index (χ2n) is 7.26. The number of ether oxygens (including phenoxy) is 1. The smallest absolute Gasteiger partial charge is 0.0825 e. The van der Waals surface area contributed by atoms with Gasteiger partial charge in [0.2, 0.25) is 0 Å². The van der Waals surface area contributed by atoms with Gasteiger partial charge in [-0.2, -0.15) is 0 Å². The van der Waals surface area contributed by atoms with Crippen LogP contribution in [0.2, 0.25) is 0 Å². The first-order valence-corrected chi connectivity index (χ1v) is 9.17. The van der Waals surface area contributed by atoms with E-state index in [0.29, 0.717) is 5.92 Å². The van der Waals surface area contributed by atoms with Gasteiger partial charge in [0.1, 0.15) is 0 Å². The van der Waals surface area contributed by atoms with Gasteiger partial charge in [0, 0.05) is 6.61 Å². The van der Waals surface area contributed by atoms with Crippen LogP contribution in [0.15, 0.2) is 36.4 Å². The average Bonchev–Trinajstić information content (AvgIpc) is 2.49. The van der Waals surface area contributed by atoms with Gasteiger partial charge >= 0.3 is 0 Å². The largest absolute Gasteiger partial charge is 0.374 e. The number of benzene rings is 2. The molecule has 24 heavy (non-hydrogen) atoms. The molecule has 0 saturated heterocycles. The van der Waals surface area contributed by atoms with Crippen molar-refractivity contribution in [2.75, 3.05) is 6.61 Å². The van der Waals surface area contributed by atoms with E-state index in [1.807, 2.05) is 0 Å². The van der Waals surface area contributed by atoms with Crippen molar-refractivity contribution in [3.63, 3.8) is 0 Å². The van der Waals surface area contributed by atoms with E-state index in [4.69, 9.17) is 4.74 Å². The van der Waals surface area contributed by atoms with Gasteiger partial charge in [0.25, 0.3) is 0 Å². The molecule has 1 heteroatoms. The zero-order valence-corrected chi connectivity index (χ0v) is 16.1. The van der Waals surface area contributed by atoms with Crippen molar-refractivity contribution in [3.05, 3.63) is 69.8 Å². The molecule has 0 bridgehead atoms. The number of hydrogen-bond donors (Lipinski definition) is 0. The van der Waals surface area contributed by atoms with Crippen molar-refractivity contribution in [2.24, 2.45) is 0 Å². The Hall–Kier alpha value is -1.60. The Bertz CT molecular complexity index is 631. The van der Waals surface area contributed by atoms with E-state index >= 15 is 0 Å². The van der Waals surface area contributed by atoms with Crippen LogP contribution in [0.5, 0.6) is 0 Å². The van der Waals surface area contributed by atoms with E-state index in [0.717, 1.165) is 19.4 Å². The lowest BCUT2D eigenvalue weighted by Gasteiger charge is -2.21. The average molecular weight is 325 g/mol. The Balaban J connectivity index is 2.10. The number of rotatable bonds is 7. The summed E-state index contributed by atoms with van der Waals surface area (Å²) < 4.78 is 6.07. The highest BCUT2D eigenvalue weighted by atomic mass is 16.5. The summed E-state index contributed by atoms with van der Waals surface area (Å²) in [6, 6.07) is 13.7. The van der Waals surface area contributed by atoms with E-state index in [9.17, 15) is 0 Å². The Morgan fingerprint density at radius 2 is 1.17 bits per heavy atom. The van der Waals surface area contributed by atoms with Gasteiger partial charge in [-0.15, -0.1) is 0 Å². The van der Waals surface area contributed by atoms with Crippen molar-refractivity contribution in [3.8, 4) is 0 Å². The van der Waals surface area contributed by atoms with Crippen molar-refractivity contribution in [1.29, 1.82) is 0 Å². The molecular formula is C23H32O. The van der Waals surface area contributed by atoms with E-state index in [2.05, 4.69) is 77.9 Å². The second-order valence-corrected chi connectivity index (χ2v) is 7.26. The zero-order chi connectivity index (χ0) is 17.7. The van der Waals surface area contributed by atoms with Gasteiger partial charge in [-0.3, -0.25) is 0 Å². The maximum atomic E-state index is 6.07. The van der Waals surface area contributed by atoms with E-state index in [1.54, 1.807) is 0 Å². The van der Waals surface area contributed by atoms with Gasteiger partial charge in [0.15, 0.2) is 0 Å². The molecule has 2 aromatic rings. The molecule has 2 rings (SSSR count). The highest BCUT2D eigenvalue weighted by molar-refractivity contribution is 5.32. The van der Waals surface area contributed by atoms with E-state index in [1.165, 1.54) is 33.4 Å². The summed E-state index contributed by atoms with van der Waals surface area (Å²) in [5.74, 6) is 0.553. The number of aryl methyl sites for hydroxylation is 4. The monoisotopic (exact) mass is 324 g/mol. The summed E-state index contributed by atoms with van der Waals surface area (Å²) in [5, 5.41) is 0. The maximum Gasteiger partial charge on any atom is 0.0825 e. The SMILES string of the molecule is CCOC(CCC(C)c1cc(C)cc(C)c1)c1cc(C)cc(C)c1. The van der Waals surface area contributed by atoms with Crippen LogP contribution in [0.25, 0.3) is 0 Å². The standard InChI is InChI=1S/C23H32O/c1-7-24-23(22-14-18(4)11-19(5)15-22)9-8-20(6)21-12-16(2)10-17(3)13-21/h10-15,20,23H,7-9H2,1-6H3. The number of hydrogen-bond acceptors (Lipinski definition) is 1. The molecule has 0 aromatic heterocycles. The summed E-state index contributed by atoms with van der Waals surface area (Å²) in [6.45, 7) is 13.9. The molecule has 0 spiro atoms. The van der Waals surface area contributed by atoms with Gasteiger partial charge in [0.05, 0.1) is 6.10 Å². The van der Waals surface area contributed by atoms with Crippen LogP contribution >= 0.6 is 0 Å². The predicted molar refractivity (Wildman–Crippen MR) is 104 cm³/mol. The fourth-order valence-electron chi connectivity index (χ4n) is 3.61. The minimum atomic E-state index is 0.196. The molecule has 0 aliphatic carbocycles. The van der Waals surface area contributed by atoms with Crippen molar-refractivity contribution in [1.82, 2.24) is 0 Å². The lowest BCUT2D eigenvalue weighted by Crippen LogP contribution is -2.07. The first kappa shape index (κ1) is 18.7. The minimum Gasteiger partial charge on any atom is -0.374 e. The molecule has 0 saturated carbocycles. The lowest BCUT2D eigenvalue weighted by molar-refractivity contribution is 0.0535. The summed E-state index contributed by atoms with van der Waals surface area (Å²) in [7, 11) is 0. The van der Waals surface area contributed by atoms with Crippen LogP contribution in [0.1, 0.15) is 72.1 Å². The first-order valence-electron chi connectivity index (χ1n) is 9.17. The highest BCUT2D eigenvalue weighted by Gasteiger charge is 2.15. The summed E-state index contributed by atoms with van der Waals surface area (Å²) >= 11 is 0. The third kappa shape index (κ3) is 5.21. The van der Waals surface area contributed by atoms with Crippen LogP contribution in [0, 0.1) is 27.7 Å². The molecule has 0 aliphatic heterocycles. The van der Waals surface area contributed by atoms with Gasteiger partial charge in [-0.1, -0.05) is 65.6 Å².